The summed E-state index contributed by atoms with van der Waals surface area (Å²) in [5.74, 6) is -0.0798. The monoisotopic (exact) mass is 228 g/mol. The number of nitrogens with one attached hydrogen (secondary N) is 1. The van der Waals surface area contributed by atoms with Crippen molar-refractivity contribution in [1.82, 2.24) is 10.2 Å². The Balaban J connectivity index is 1.82. The van der Waals surface area contributed by atoms with Gasteiger partial charge < -0.3 is 15.0 Å². The first-order valence-corrected chi connectivity index (χ1v) is 6.41. The van der Waals surface area contributed by atoms with Gasteiger partial charge in [0.15, 0.2) is 0 Å². The number of nitrogens with zero attached hydrogens (tertiary/aromatic N) is 1. The van der Waals surface area contributed by atoms with E-state index in [2.05, 4.69) is 10.2 Å². The van der Waals surface area contributed by atoms with Crippen molar-refractivity contribution in [3.63, 3.8) is 0 Å². The first kappa shape index (κ1) is 13.5. The van der Waals surface area contributed by atoms with E-state index in [1.165, 1.54) is 25.9 Å². The lowest BCUT2D eigenvalue weighted by molar-refractivity contribution is -0.143. The third-order valence-corrected chi connectivity index (χ3v) is 2.84. The van der Waals surface area contributed by atoms with Gasteiger partial charge in [0.05, 0.1) is 6.61 Å². The molecule has 94 valence electrons. The number of hydrogen-bond acceptors (Lipinski definition) is 4. The molecule has 1 heterocycles. The van der Waals surface area contributed by atoms with Crippen molar-refractivity contribution in [3.8, 4) is 0 Å². The van der Waals surface area contributed by atoms with E-state index in [4.69, 9.17) is 4.74 Å². The molecule has 0 amide bonds. The number of carbonyl (C=O) groups is 1. The molecule has 1 fully saturated rings. The van der Waals surface area contributed by atoms with E-state index in [0.29, 0.717) is 13.0 Å². The van der Waals surface area contributed by atoms with E-state index >= 15 is 0 Å². The Kier molecular flexibility index (Phi) is 7.17. The van der Waals surface area contributed by atoms with Crippen molar-refractivity contribution in [2.24, 2.45) is 0 Å². The normalized spacial score (nSPS) is 16.6. The highest BCUT2D eigenvalue weighted by Crippen LogP contribution is 2.05. The molecule has 0 atom stereocenters. The lowest BCUT2D eigenvalue weighted by Crippen LogP contribution is -2.30. The molecule has 0 radical (unpaired) electrons. The van der Waals surface area contributed by atoms with Crippen LogP contribution >= 0.6 is 0 Å². The number of carbonyl (C=O) groups excluding carboxylic acids is 1. The van der Waals surface area contributed by atoms with Crippen LogP contribution in [-0.4, -0.2) is 50.2 Å². The van der Waals surface area contributed by atoms with Gasteiger partial charge in [0.25, 0.3) is 0 Å². The summed E-state index contributed by atoms with van der Waals surface area (Å²) in [7, 11) is 0. The third-order valence-electron chi connectivity index (χ3n) is 2.84. The Morgan fingerprint density at radius 2 is 2.06 bits per heavy atom. The molecule has 1 aliphatic rings. The molecule has 1 aliphatic heterocycles. The Bertz CT molecular complexity index is 191. The standard InChI is InChI=1S/C12H24N2O2/c1-2-16-12(15)6-5-7-13-8-11-14-9-3-4-10-14/h13H,2-11H2,1H3. The minimum atomic E-state index is -0.0798. The van der Waals surface area contributed by atoms with Gasteiger partial charge in [0.1, 0.15) is 0 Å². The molecule has 0 bridgehead atoms. The zero-order valence-corrected chi connectivity index (χ0v) is 10.3. The molecular weight excluding hydrogens is 204 g/mol. The summed E-state index contributed by atoms with van der Waals surface area (Å²) in [5, 5.41) is 3.36. The van der Waals surface area contributed by atoms with E-state index in [1.807, 2.05) is 6.92 Å². The second kappa shape index (κ2) is 8.53. The van der Waals surface area contributed by atoms with E-state index in [9.17, 15) is 4.79 Å². The van der Waals surface area contributed by atoms with Crippen LogP contribution in [0.4, 0.5) is 0 Å². The molecule has 0 aromatic heterocycles. The molecule has 0 unspecified atom stereocenters. The minimum absolute atomic E-state index is 0.0798. The van der Waals surface area contributed by atoms with Gasteiger partial charge >= 0.3 is 5.97 Å². The van der Waals surface area contributed by atoms with E-state index in [-0.39, 0.29) is 5.97 Å². The average molecular weight is 228 g/mol. The fraction of sp³-hybridized carbons (Fsp3) is 0.917. The Hall–Kier alpha value is -0.610. The van der Waals surface area contributed by atoms with Crippen LogP contribution < -0.4 is 5.32 Å². The molecule has 16 heavy (non-hydrogen) atoms. The van der Waals surface area contributed by atoms with E-state index in [0.717, 1.165) is 26.1 Å². The summed E-state index contributed by atoms with van der Waals surface area (Å²) < 4.78 is 4.85. The summed E-state index contributed by atoms with van der Waals surface area (Å²) in [6.45, 7) is 7.91. The highest BCUT2D eigenvalue weighted by Gasteiger charge is 2.09. The van der Waals surface area contributed by atoms with Crippen molar-refractivity contribution in [2.45, 2.75) is 32.6 Å². The molecule has 0 aromatic rings. The summed E-state index contributed by atoms with van der Waals surface area (Å²) in [6, 6.07) is 0. The predicted octanol–water partition coefficient (Wildman–Crippen LogP) is 1.02. The van der Waals surface area contributed by atoms with Crippen LogP contribution in [0.15, 0.2) is 0 Å². The number of esters is 1. The second-order valence-corrected chi connectivity index (χ2v) is 4.21. The van der Waals surface area contributed by atoms with Crippen LogP contribution in [-0.2, 0) is 9.53 Å². The maximum atomic E-state index is 11.0. The van der Waals surface area contributed by atoms with Crippen LogP contribution in [0.1, 0.15) is 32.6 Å². The molecule has 0 aliphatic carbocycles. The minimum Gasteiger partial charge on any atom is -0.466 e. The smallest absolute Gasteiger partial charge is 0.305 e. The van der Waals surface area contributed by atoms with Crippen LogP contribution in [0.5, 0.6) is 0 Å². The van der Waals surface area contributed by atoms with Gasteiger partial charge in [-0.15, -0.1) is 0 Å². The van der Waals surface area contributed by atoms with Crippen molar-refractivity contribution < 1.29 is 9.53 Å². The van der Waals surface area contributed by atoms with Gasteiger partial charge in [-0.25, -0.2) is 0 Å². The number of rotatable bonds is 8. The largest absolute Gasteiger partial charge is 0.466 e. The van der Waals surface area contributed by atoms with E-state index in [1.54, 1.807) is 0 Å². The first-order chi connectivity index (χ1) is 7.83. The van der Waals surface area contributed by atoms with Crippen LogP contribution in [0, 0.1) is 0 Å². The second-order valence-electron chi connectivity index (χ2n) is 4.21. The van der Waals surface area contributed by atoms with Crippen molar-refractivity contribution in [2.75, 3.05) is 39.3 Å². The molecule has 0 saturated carbocycles. The van der Waals surface area contributed by atoms with Gasteiger partial charge in [0, 0.05) is 19.5 Å². The number of ether oxygens (including phenoxy) is 1. The first-order valence-electron chi connectivity index (χ1n) is 6.41. The van der Waals surface area contributed by atoms with Gasteiger partial charge in [-0.2, -0.15) is 0 Å². The summed E-state index contributed by atoms with van der Waals surface area (Å²) in [6.07, 6.45) is 4.11. The predicted molar refractivity (Wildman–Crippen MR) is 64.4 cm³/mol. The lowest BCUT2D eigenvalue weighted by atomic mass is 10.3. The van der Waals surface area contributed by atoms with Crippen molar-refractivity contribution >= 4 is 5.97 Å². The van der Waals surface area contributed by atoms with Crippen LogP contribution in [0.25, 0.3) is 0 Å². The summed E-state index contributed by atoms with van der Waals surface area (Å²) >= 11 is 0. The molecule has 4 heteroatoms. The lowest BCUT2D eigenvalue weighted by Gasteiger charge is -2.14. The Morgan fingerprint density at radius 3 is 2.75 bits per heavy atom. The van der Waals surface area contributed by atoms with Gasteiger partial charge in [-0.3, -0.25) is 4.79 Å². The zero-order valence-electron chi connectivity index (χ0n) is 10.3. The average Bonchev–Trinajstić information content (AvgIpc) is 2.76. The van der Waals surface area contributed by atoms with Gasteiger partial charge in [-0.05, 0) is 45.8 Å². The molecule has 0 aromatic carbocycles. The SMILES string of the molecule is CCOC(=O)CCCNCCN1CCCC1. The summed E-state index contributed by atoms with van der Waals surface area (Å²) in [5.41, 5.74) is 0. The fourth-order valence-electron chi connectivity index (χ4n) is 1.96. The van der Waals surface area contributed by atoms with Gasteiger partial charge in [-0.1, -0.05) is 0 Å². The molecule has 4 nitrogen and oxygen atoms in total. The molecule has 0 spiro atoms. The van der Waals surface area contributed by atoms with Crippen LogP contribution in [0.2, 0.25) is 0 Å². The van der Waals surface area contributed by atoms with Crippen molar-refractivity contribution in [3.05, 3.63) is 0 Å². The highest BCUT2D eigenvalue weighted by atomic mass is 16.5. The topological polar surface area (TPSA) is 41.6 Å². The maximum absolute atomic E-state index is 11.0. The zero-order chi connectivity index (χ0) is 11.6. The molecule has 1 saturated heterocycles. The third kappa shape index (κ3) is 6.08. The molecule has 1 N–H and O–H groups in total. The summed E-state index contributed by atoms with van der Waals surface area (Å²) in [4.78, 5) is 13.5. The number of likely N-dealkylation sites (tertiary alicyclic amines) is 1. The fourth-order valence-corrected chi connectivity index (χ4v) is 1.96. The van der Waals surface area contributed by atoms with Crippen molar-refractivity contribution in [1.29, 1.82) is 0 Å². The Labute approximate surface area is 98.3 Å². The van der Waals surface area contributed by atoms with E-state index < -0.39 is 0 Å². The Morgan fingerprint density at radius 1 is 1.31 bits per heavy atom. The molecule has 1 rings (SSSR count). The number of hydrogen-bond donors (Lipinski definition) is 1. The van der Waals surface area contributed by atoms with Gasteiger partial charge in [0.2, 0.25) is 0 Å². The maximum Gasteiger partial charge on any atom is 0.305 e. The molecular formula is C12H24N2O2. The highest BCUT2D eigenvalue weighted by molar-refractivity contribution is 5.69. The van der Waals surface area contributed by atoms with Crippen LogP contribution in [0.3, 0.4) is 0 Å². The quantitative estimate of drug-likeness (QED) is 0.497.